The normalized spacial score (nSPS) is 11.2. The standard InChI is InChI=1S/C13H8F2N2O3/c1-17-9(5-8(16-17)13(18)19)11-7(14)4-10-6(12(11)15)2-3-20-10/h2-5H,1H3,(H,18,19). The topological polar surface area (TPSA) is 68.3 Å². The molecule has 0 aliphatic rings. The van der Waals surface area contributed by atoms with Crippen molar-refractivity contribution in [2.24, 2.45) is 7.05 Å². The van der Waals surface area contributed by atoms with Crippen LogP contribution in [0.15, 0.2) is 28.9 Å². The van der Waals surface area contributed by atoms with Gasteiger partial charge in [-0.1, -0.05) is 0 Å². The Morgan fingerprint density at radius 1 is 1.40 bits per heavy atom. The Labute approximate surface area is 111 Å². The summed E-state index contributed by atoms with van der Waals surface area (Å²) < 4.78 is 34.5. The van der Waals surface area contributed by atoms with Crippen LogP contribution in [0.1, 0.15) is 10.5 Å². The van der Waals surface area contributed by atoms with E-state index in [1.165, 1.54) is 19.4 Å². The number of halogens is 2. The van der Waals surface area contributed by atoms with E-state index < -0.39 is 17.6 Å². The van der Waals surface area contributed by atoms with Gasteiger partial charge in [-0.2, -0.15) is 5.10 Å². The van der Waals surface area contributed by atoms with Crippen LogP contribution in [0, 0.1) is 11.6 Å². The summed E-state index contributed by atoms with van der Waals surface area (Å²) >= 11 is 0. The molecule has 0 bridgehead atoms. The van der Waals surface area contributed by atoms with Crippen LogP contribution in [0.3, 0.4) is 0 Å². The number of hydrogen-bond acceptors (Lipinski definition) is 3. The molecule has 0 saturated heterocycles. The highest BCUT2D eigenvalue weighted by atomic mass is 19.1. The lowest BCUT2D eigenvalue weighted by Crippen LogP contribution is -2.00. The first-order chi connectivity index (χ1) is 9.49. The third-order valence-electron chi connectivity index (χ3n) is 3.00. The van der Waals surface area contributed by atoms with Crippen molar-refractivity contribution in [2.45, 2.75) is 0 Å². The highest BCUT2D eigenvalue weighted by Gasteiger charge is 2.22. The van der Waals surface area contributed by atoms with E-state index in [1.807, 2.05) is 0 Å². The van der Waals surface area contributed by atoms with E-state index >= 15 is 0 Å². The van der Waals surface area contributed by atoms with Crippen molar-refractivity contribution in [3.05, 3.63) is 41.8 Å². The Hall–Kier alpha value is -2.70. The number of aromatic nitrogens is 2. The molecule has 5 nitrogen and oxygen atoms in total. The van der Waals surface area contributed by atoms with Crippen LogP contribution in [0.25, 0.3) is 22.2 Å². The Bertz CT molecular complexity index is 836. The first-order valence-corrected chi connectivity index (χ1v) is 5.62. The molecular formula is C13H8F2N2O3. The third kappa shape index (κ3) is 1.67. The fourth-order valence-electron chi connectivity index (χ4n) is 2.08. The summed E-state index contributed by atoms with van der Waals surface area (Å²) in [4.78, 5) is 10.9. The summed E-state index contributed by atoms with van der Waals surface area (Å²) in [5, 5.41) is 12.7. The third-order valence-corrected chi connectivity index (χ3v) is 3.00. The molecule has 102 valence electrons. The van der Waals surface area contributed by atoms with E-state index in [1.54, 1.807) is 0 Å². The SMILES string of the molecule is Cn1nc(C(=O)O)cc1-c1c(F)cc2occc2c1F. The predicted molar refractivity (Wildman–Crippen MR) is 65.3 cm³/mol. The maximum atomic E-state index is 14.4. The molecule has 0 radical (unpaired) electrons. The summed E-state index contributed by atoms with van der Waals surface area (Å²) in [7, 11) is 1.42. The number of aryl methyl sites for hydroxylation is 1. The highest BCUT2D eigenvalue weighted by Crippen LogP contribution is 2.32. The molecule has 0 spiro atoms. The second-order valence-corrected chi connectivity index (χ2v) is 4.22. The lowest BCUT2D eigenvalue weighted by molar-refractivity contribution is 0.0689. The van der Waals surface area contributed by atoms with Crippen LogP contribution in [0.5, 0.6) is 0 Å². The van der Waals surface area contributed by atoms with E-state index in [0.717, 1.165) is 16.8 Å². The number of nitrogens with zero attached hydrogens (tertiary/aromatic N) is 2. The molecule has 20 heavy (non-hydrogen) atoms. The molecule has 7 heteroatoms. The van der Waals surface area contributed by atoms with E-state index in [9.17, 15) is 13.6 Å². The van der Waals surface area contributed by atoms with Crippen molar-refractivity contribution in [3.63, 3.8) is 0 Å². The van der Waals surface area contributed by atoms with E-state index in [0.29, 0.717) is 0 Å². The minimum Gasteiger partial charge on any atom is -0.476 e. The summed E-state index contributed by atoms with van der Waals surface area (Å²) in [5.41, 5.74) is -0.486. The van der Waals surface area contributed by atoms with Gasteiger partial charge in [0.1, 0.15) is 17.2 Å². The molecule has 3 aromatic rings. The lowest BCUT2D eigenvalue weighted by atomic mass is 10.1. The van der Waals surface area contributed by atoms with Gasteiger partial charge in [0, 0.05) is 13.1 Å². The molecule has 1 N–H and O–H groups in total. The maximum Gasteiger partial charge on any atom is 0.356 e. The zero-order valence-electron chi connectivity index (χ0n) is 10.2. The van der Waals surface area contributed by atoms with Gasteiger partial charge in [-0.3, -0.25) is 4.68 Å². The van der Waals surface area contributed by atoms with Crippen LogP contribution in [0.4, 0.5) is 8.78 Å². The van der Waals surface area contributed by atoms with Crippen LogP contribution in [-0.2, 0) is 7.05 Å². The van der Waals surface area contributed by atoms with Crippen LogP contribution < -0.4 is 0 Å². The summed E-state index contributed by atoms with van der Waals surface area (Å²) in [5.74, 6) is -2.92. The van der Waals surface area contributed by atoms with Gasteiger partial charge in [0.05, 0.1) is 22.9 Å². The van der Waals surface area contributed by atoms with Gasteiger partial charge in [0.2, 0.25) is 0 Å². The molecule has 0 amide bonds. The molecule has 2 aromatic heterocycles. The molecule has 0 atom stereocenters. The fraction of sp³-hybridized carbons (Fsp3) is 0.0769. The van der Waals surface area contributed by atoms with Gasteiger partial charge in [-0.05, 0) is 12.1 Å². The molecule has 1 aromatic carbocycles. The number of carboxylic acid groups (broad SMARTS) is 1. The molecule has 0 saturated carbocycles. The fourth-order valence-corrected chi connectivity index (χ4v) is 2.08. The average Bonchev–Trinajstić information content (AvgIpc) is 2.97. The molecule has 0 aliphatic heterocycles. The highest BCUT2D eigenvalue weighted by molar-refractivity contribution is 5.89. The van der Waals surface area contributed by atoms with Crippen molar-refractivity contribution in [2.75, 3.05) is 0 Å². The van der Waals surface area contributed by atoms with Crippen molar-refractivity contribution in [1.82, 2.24) is 9.78 Å². The minimum atomic E-state index is -1.27. The monoisotopic (exact) mass is 278 g/mol. The zero-order chi connectivity index (χ0) is 14.4. The van der Waals surface area contributed by atoms with Crippen LogP contribution >= 0.6 is 0 Å². The Balaban J connectivity index is 2.31. The molecular weight excluding hydrogens is 270 g/mol. The summed E-state index contributed by atoms with van der Waals surface area (Å²) in [6, 6.07) is 3.55. The Morgan fingerprint density at radius 3 is 2.80 bits per heavy atom. The maximum absolute atomic E-state index is 14.4. The predicted octanol–water partition coefficient (Wildman–Crippen LogP) is 2.81. The Morgan fingerprint density at radius 2 is 2.15 bits per heavy atom. The summed E-state index contributed by atoms with van der Waals surface area (Å²) in [6.07, 6.45) is 1.25. The Kier molecular flexibility index (Phi) is 2.56. The van der Waals surface area contributed by atoms with Gasteiger partial charge >= 0.3 is 5.97 Å². The van der Waals surface area contributed by atoms with Crippen molar-refractivity contribution in [1.29, 1.82) is 0 Å². The number of benzene rings is 1. The number of carbonyl (C=O) groups is 1. The number of fused-ring (bicyclic) bond motifs is 1. The lowest BCUT2D eigenvalue weighted by Gasteiger charge is -2.05. The average molecular weight is 278 g/mol. The smallest absolute Gasteiger partial charge is 0.356 e. The number of aromatic carboxylic acids is 1. The summed E-state index contributed by atoms with van der Waals surface area (Å²) in [6.45, 7) is 0. The van der Waals surface area contributed by atoms with Gasteiger partial charge < -0.3 is 9.52 Å². The first-order valence-electron chi connectivity index (χ1n) is 5.62. The minimum absolute atomic E-state index is 0.0421. The number of rotatable bonds is 2. The molecule has 2 heterocycles. The van der Waals surface area contributed by atoms with Gasteiger partial charge in [-0.25, -0.2) is 13.6 Å². The molecule has 0 unspecified atom stereocenters. The second-order valence-electron chi connectivity index (χ2n) is 4.22. The molecule has 0 aliphatic carbocycles. The van der Waals surface area contributed by atoms with Crippen LogP contribution in [0.2, 0.25) is 0 Å². The second kappa shape index (κ2) is 4.16. The van der Waals surface area contributed by atoms with Gasteiger partial charge in [0.25, 0.3) is 0 Å². The van der Waals surface area contributed by atoms with Gasteiger partial charge in [0.15, 0.2) is 5.69 Å². The van der Waals surface area contributed by atoms with Crippen molar-refractivity contribution in [3.8, 4) is 11.3 Å². The van der Waals surface area contributed by atoms with E-state index in [4.69, 9.17) is 9.52 Å². The number of furan rings is 1. The van der Waals surface area contributed by atoms with Gasteiger partial charge in [-0.15, -0.1) is 0 Å². The molecule has 3 rings (SSSR count). The van der Waals surface area contributed by atoms with Crippen molar-refractivity contribution < 1.29 is 23.1 Å². The number of carboxylic acids is 1. The van der Waals surface area contributed by atoms with Crippen LogP contribution in [-0.4, -0.2) is 20.9 Å². The van der Waals surface area contributed by atoms with Crippen molar-refractivity contribution >= 4 is 16.9 Å². The zero-order valence-corrected chi connectivity index (χ0v) is 10.2. The number of hydrogen-bond donors (Lipinski definition) is 1. The quantitative estimate of drug-likeness (QED) is 0.782. The van der Waals surface area contributed by atoms with E-state index in [-0.39, 0.29) is 27.9 Å². The largest absolute Gasteiger partial charge is 0.476 e. The first kappa shape index (κ1) is 12.3. The van der Waals surface area contributed by atoms with E-state index in [2.05, 4.69) is 5.10 Å². The molecule has 0 fully saturated rings.